The highest BCUT2D eigenvalue weighted by Gasteiger charge is 2.25. The molecule has 0 amide bonds. The lowest BCUT2D eigenvalue weighted by Crippen LogP contribution is -2.35. The van der Waals surface area contributed by atoms with Crippen LogP contribution in [0.2, 0.25) is 5.02 Å². The average Bonchev–Trinajstić information content (AvgIpc) is 2.13. The van der Waals surface area contributed by atoms with Crippen LogP contribution in [0.15, 0.2) is 22.7 Å². The van der Waals surface area contributed by atoms with E-state index >= 15 is 0 Å². The fourth-order valence-corrected chi connectivity index (χ4v) is 3.17. The maximum Gasteiger partial charge on any atom is 0.147 e. The summed E-state index contributed by atoms with van der Waals surface area (Å²) in [6.45, 7) is 1.79. The molecule has 1 aromatic carbocycles. The zero-order valence-electron chi connectivity index (χ0n) is 9.70. The van der Waals surface area contributed by atoms with Crippen LogP contribution in [0.1, 0.15) is 18.9 Å². The predicted octanol–water partition coefficient (Wildman–Crippen LogP) is 2.71. The summed E-state index contributed by atoms with van der Waals surface area (Å²) in [5.74, 6) is 0.0480. The van der Waals surface area contributed by atoms with Crippen LogP contribution in [-0.4, -0.2) is 20.4 Å². The highest BCUT2D eigenvalue weighted by atomic mass is 79.9. The van der Waals surface area contributed by atoms with Crippen LogP contribution < -0.4 is 5.73 Å². The molecule has 0 aliphatic rings. The lowest BCUT2D eigenvalue weighted by molar-refractivity contribution is 0.473. The van der Waals surface area contributed by atoms with E-state index in [9.17, 15) is 8.42 Å². The van der Waals surface area contributed by atoms with Gasteiger partial charge in [-0.15, -0.1) is 0 Å². The van der Waals surface area contributed by atoms with Crippen LogP contribution in [0.4, 0.5) is 0 Å². The minimum absolute atomic E-state index is 0.0480. The van der Waals surface area contributed by atoms with Gasteiger partial charge in [0, 0.05) is 21.3 Å². The van der Waals surface area contributed by atoms with Gasteiger partial charge in [-0.25, -0.2) is 8.42 Å². The Bertz CT molecular complexity index is 514. The van der Waals surface area contributed by atoms with E-state index in [4.69, 9.17) is 17.3 Å². The van der Waals surface area contributed by atoms with Gasteiger partial charge < -0.3 is 5.73 Å². The van der Waals surface area contributed by atoms with E-state index in [-0.39, 0.29) is 5.75 Å². The zero-order chi connectivity index (χ0) is 13.3. The first-order valence-corrected chi connectivity index (χ1v) is 8.27. The van der Waals surface area contributed by atoms with E-state index < -0.39 is 15.4 Å². The first kappa shape index (κ1) is 15.0. The van der Waals surface area contributed by atoms with Gasteiger partial charge in [-0.3, -0.25) is 0 Å². The lowest BCUT2D eigenvalue weighted by Gasteiger charge is -2.26. The van der Waals surface area contributed by atoms with Crippen molar-refractivity contribution in [2.45, 2.75) is 18.9 Å². The Morgan fingerprint density at radius 1 is 1.47 bits per heavy atom. The molecular weight excluding hydrogens is 326 g/mol. The van der Waals surface area contributed by atoms with Gasteiger partial charge in [-0.2, -0.15) is 0 Å². The van der Waals surface area contributed by atoms with Crippen molar-refractivity contribution in [3.63, 3.8) is 0 Å². The van der Waals surface area contributed by atoms with Crippen molar-refractivity contribution in [3.8, 4) is 0 Å². The molecule has 0 bridgehead atoms. The van der Waals surface area contributed by atoms with Gasteiger partial charge in [0.2, 0.25) is 0 Å². The molecule has 0 saturated carbocycles. The molecule has 6 heteroatoms. The first-order chi connectivity index (χ1) is 7.62. The summed E-state index contributed by atoms with van der Waals surface area (Å²) in [4.78, 5) is 0. The normalized spacial score (nSPS) is 15.6. The summed E-state index contributed by atoms with van der Waals surface area (Å²) in [7, 11) is -3.02. The largest absolute Gasteiger partial charge is 0.322 e. The second kappa shape index (κ2) is 5.26. The minimum Gasteiger partial charge on any atom is -0.322 e. The van der Waals surface area contributed by atoms with E-state index in [0.717, 1.165) is 10.0 Å². The van der Waals surface area contributed by atoms with E-state index in [2.05, 4.69) is 15.9 Å². The molecule has 3 nitrogen and oxygen atoms in total. The lowest BCUT2D eigenvalue weighted by atomic mass is 9.90. The molecule has 0 spiro atoms. The number of rotatable bonds is 4. The van der Waals surface area contributed by atoms with Gasteiger partial charge in [-0.1, -0.05) is 33.6 Å². The summed E-state index contributed by atoms with van der Waals surface area (Å²) in [5.41, 5.74) is 6.14. The van der Waals surface area contributed by atoms with Crippen LogP contribution in [0.3, 0.4) is 0 Å². The fraction of sp³-hybridized carbons (Fsp3) is 0.455. The molecule has 96 valence electrons. The second-order valence-corrected chi connectivity index (χ2v) is 8.00. The Labute approximate surface area is 115 Å². The van der Waals surface area contributed by atoms with Gasteiger partial charge in [0.1, 0.15) is 9.84 Å². The molecule has 2 N–H and O–H groups in total. The predicted molar refractivity (Wildman–Crippen MR) is 75.0 cm³/mol. The van der Waals surface area contributed by atoms with Crippen molar-refractivity contribution < 1.29 is 8.42 Å². The maximum absolute atomic E-state index is 11.2. The summed E-state index contributed by atoms with van der Waals surface area (Å²) in [5, 5.41) is 0.540. The van der Waals surface area contributed by atoms with Crippen LogP contribution in [-0.2, 0) is 15.4 Å². The molecule has 1 aromatic rings. The van der Waals surface area contributed by atoms with Crippen molar-refractivity contribution in [1.82, 2.24) is 0 Å². The Kier molecular flexibility index (Phi) is 4.63. The number of halogens is 2. The Balaban J connectivity index is 2.96. The first-order valence-electron chi connectivity index (χ1n) is 5.04. The number of nitrogens with two attached hydrogens (primary N) is 1. The smallest absolute Gasteiger partial charge is 0.147 e. The van der Waals surface area contributed by atoms with E-state index in [1.807, 2.05) is 12.1 Å². The van der Waals surface area contributed by atoms with Crippen LogP contribution in [0.25, 0.3) is 0 Å². The third-order valence-corrected chi connectivity index (χ3v) is 4.29. The molecule has 1 atom stereocenters. The average molecular weight is 341 g/mol. The molecular formula is C11H15BrClNO2S. The molecule has 17 heavy (non-hydrogen) atoms. The molecule has 0 aliphatic carbocycles. The Morgan fingerprint density at radius 3 is 2.53 bits per heavy atom. The van der Waals surface area contributed by atoms with Crippen molar-refractivity contribution in [2.24, 2.45) is 5.73 Å². The zero-order valence-corrected chi connectivity index (χ0v) is 12.9. The van der Waals surface area contributed by atoms with Crippen molar-refractivity contribution in [2.75, 3.05) is 12.0 Å². The molecule has 0 radical (unpaired) electrons. The number of hydrogen-bond donors (Lipinski definition) is 1. The van der Waals surface area contributed by atoms with Crippen LogP contribution in [0, 0.1) is 0 Å². The minimum atomic E-state index is -3.02. The standard InChI is InChI=1S/C11H15BrClNO2S/c1-11(14,5-6-17(2,15)16)9-4-3-8(12)7-10(9)13/h3-4,7H,5-6,14H2,1-2H3. The molecule has 1 unspecified atom stereocenters. The van der Waals surface area contributed by atoms with Crippen LogP contribution in [0.5, 0.6) is 0 Å². The molecule has 0 heterocycles. The summed E-state index contributed by atoms with van der Waals surface area (Å²) < 4.78 is 23.2. The summed E-state index contributed by atoms with van der Waals surface area (Å²) >= 11 is 9.42. The third-order valence-electron chi connectivity index (χ3n) is 2.54. The highest BCUT2D eigenvalue weighted by molar-refractivity contribution is 9.10. The quantitative estimate of drug-likeness (QED) is 0.916. The van der Waals surface area contributed by atoms with Gasteiger partial charge >= 0.3 is 0 Å². The Morgan fingerprint density at radius 2 is 2.06 bits per heavy atom. The summed E-state index contributed by atoms with van der Waals surface area (Å²) in [6.07, 6.45) is 1.54. The monoisotopic (exact) mass is 339 g/mol. The van der Waals surface area contributed by atoms with Crippen molar-refractivity contribution >= 4 is 37.4 Å². The fourth-order valence-electron chi connectivity index (χ4n) is 1.48. The molecule has 1 rings (SSSR count). The van der Waals surface area contributed by atoms with E-state index in [1.54, 1.807) is 13.0 Å². The number of hydrogen-bond acceptors (Lipinski definition) is 3. The SMILES string of the molecule is CC(N)(CCS(C)(=O)=O)c1ccc(Br)cc1Cl. The van der Waals surface area contributed by atoms with Crippen LogP contribution >= 0.6 is 27.5 Å². The molecule has 0 aliphatic heterocycles. The molecule has 0 fully saturated rings. The van der Waals surface area contributed by atoms with Gasteiger partial charge in [0.05, 0.1) is 5.75 Å². The topological polar surface area (TPSA) is 60.2 Å². The van der Waals surface area contributed by atoms with E-state index in [1.165, 1.54) is 6.26 Å². The summed E-state index contributed by atoms with van der Waals surface area (Å²) in [6, 6.07) is 5.41. The third kappa shape index (κ3) is 4.58. The molecule has 0 saturated heterocycles. The number of benzene rings is 1. The molecule has 0 aromatic heterocycles. The van der Waals surface area contributed by atoms with Gasteiger partial charge in [-0.05, 0) is 31.0 Å². The second-order valence-electron chi connectivity index (χ2n) is 4.42. The van der Waals surface area contributed by atoms with Gasteiger partial charge in [0.25, 0.3) is 0 Å². The van der Waals surface area contributed by atoms with Gasteiger partial charge in [0.15, 0.2) is 0 Å². The van der Waals surface area contributed by atoms with E-state index in [0.29, 0.717) is 11.4 Å². The van der Waals surface area contributed by atoms with Crippen molar-refractivity contribution in [3.05, 3.63) is 33.3 Å². The maximum atomic E-state index is 11.2. The number of sulfone groups is 1. The highest BCUT2D eigenvalue weighted by Crippen LogP contribution is 2.31. The Hall–Kier alpha value is -0.100. The van der Waals surface area contributed by atoms with Crippen molar-refractivity contribution in [1.29, 1.82) is 0 Å².